The second-order valence-electron chi connectivity index (χ2n) is 6.05. The first-order valence-corrected chi connectivity index (χ1v) is 10.4. The Kier molecular flexibility index (Phi) is 8.74. The van der Waals surface area contributed by atoms with Crippen LogP contribution in [0.3, 0.4) is 0 Å². The van der Waals surface area contributed by atoms with Gasteiger partial charge < -0.3 is 20.3 Å². The number of carbonyl (C=O) groups excluding carboxylic acids is 1. The third-order valence-corrected chi connectivity index (χ3v) is 3.40. The van der Waals surface area contributed by atoms with Crippen LogP contribution in [0.25, 0.3) is 0 Å². The van der Waals surface area contributed by atoms with E-state index in [1.54, 1.807) is 19.1 Å². The molecule has 0 bridgehead atoms. The molecule has 11 heteroatoms. The largest absolute Gasteiger partial charge is 0.459 e. The molecule has 0 aliphatic rings. The van der Waals surface area contributed by atoms with Gasteiger partial charge in [-0.2, -0.15) is 0 Å². The number of ether oxygens (including phenoxy) is 1. The number of hydrogen-bond acceptors (Lipinski definition) is 6. The Labute approximate surface area is 166 Å². The van der Waals surface area contributed by atoms with E-state index in [0.29, 0.717) is 0 Å². The maximum atomic E-state index is 12.2. The maximum absolute atomic E-state index is 12.2. The minimum absolute atomic E-state index is 0.000807. The van der Waals surface area contributed by atoms with Crippen molar-refractivity contribution < 1.29 is 28.8 Å². The second-order valence-corrected chi connectivity index (χ2v) is 8.32. The van der Waals surface area contributed by atoms with E-state index in [9.17, 15) is 14.9 Å². The summed E-state index contributed by atoms with van der Waals surface area (Å²) < 4.78 is 14.3. The molecule has 0 aromatic heterocycles. The highest BCUT2D eigenvalue weighted by atomic mass is 35.7. The standard InChI is InChI=1S/C17H18N2O4.ClH2O3P/c1-17(18,11-13-7-9-15(10-8-13)19(21)22)16(20)23-12-14-5-3-2-4-6-14;1-5(2,3)4/h2-10H,11-12,18H2,1H3;(H2,2,3,4). The molecule has 152 valence electrons. The van der Waals surface area contributed by atoms with E-state index in [2.05, 4.69) is 11.2 Å². The molecule has 0 aliphatic carbocycles. The molecule has 1 atom stereocenters. The summed E-state index contributed by atoms with van der Waals surface area (Å²) in [5.41, 5.74) is 6.46. The average Bonchev–Trinajstić information content (AvgIpc) is 2.59. The molecule has 2 aromatic carbocycles. The quantitative estimate of drug-likeness (QED) is 0.273. The lowest BCUT2D eigenvalue weighted by molar-refractivity contribution is -0.384. The number of nitrogens with zero attached hydrogens (tertiary/aromatic N) is 1. The molecule has 2 rings (SSSR count). The van der Waals surface area contributed by atoms with Crippen molar-refractivity contribution in [3.05, 3.63) is 75.8 Å². The molecule has 0 fully saturated rings. The highest BCUT2D eigenvalue weighted by molar-refractivity contribution is 7.79. The van der Waals surface area contributed by atoms with Gasteiger partial charge in [-0.25, -0.2) is 4.57 Å². The molecule has 1 unspecified atom stereocenters. The Bertz CT molecular complexity index is 830. The van der Waals surface area contributed by atoms with E-state index in [0.717, 1.165) is 11.1 Å². The lowest BCUT2D eigenvalue weighted by atomic mass is 9.94. The van der Waals surface area contributed by atoms with Crippen molar-refractivity contribution in [3.8, 4) is 0 Å². The van der Waals surface area contributed by atoms with Crippen LogP contribution in [0.5, 0.6) is 0 Å². The van der Waals surface area contributed by atoms with Gasteiger partial charge in [0.2, 0.25) is 0 Å². The number of benzene rings is 2. The number of rotatable bonds is 6. The van der Waals surface area contributed by atoms with Gasteiger partial charge in [0.1, 0.15) is 12.1 Å². The van der Waals surface area contributed by atoms with Crippen LogP contribution in [-0.4, -0.2) is 26.2 Å². The fourth-order valence-electron chi connectivity index (χ4n) is 2.12. The summed E-state index contributed by atoms with van der Waals surface area (Å²) in [5, 5.41) is 10.6. The van der Waals surface area contributed by atoms with Gasteiger partial charge in [-0.05, 0) is 18.1 Å². The third kappa shape index (κ3) is 9.59. The maximum Gasteiger partial charge on any atom is 0.419 e. The third-order valence-electron chi connectivity index (χ3n) is 3.40. The first-order chi connectivity index (χ1) is 12.9. The first kappa shape index (κ1) is 23.7. The van der Waals surface area contributed by atoms with E-state index in [1.807, 2.05) is 30.3 Å². The van der Waals surface area contributed by atoms with Gasteiger partial charge in [0.15, 0.2) is 0 Å². The average molecular weight is 431 g/mol. The molecule has 0 aliphatic heterocycles. The molecule has 9 nitrogen and oxygen atoms in total. The number of nitro groups is 1. The normalized spacial score (nSPS) is 12.9. The van der Waals surface area contributed by atoms with Crippen LogP contribution >= 0.6 is 18.2 Å². The van der Waals surface area contributed by atoms with Crippen LogP contribution in [0.4, 0.5) is 5.69 Å². The van der Waals surface area contributed by atoms with Crippen molar-refractivity contribution >= 4 is 29.8 Å². The Hall–Kier alpha value is -2.29. The van der Waals surface area contributed by atoms with Gasteiger partial charge in [0, 0.05) is 29.8 Å². The van der Waals surface area contributed by atoms with E-state index in [-0.39, 0.29) is 18.7 Å². The van der Waals surface area contributed by atoms with Gasteiger partial charge in [-0.15, -0.1) is 0 Å². The Morgan fingerprint density at radius 2 is 1.68 bits per heavy atom. The van der Waals surface area contributed by atoms with Crippen LogP contribution in [0, 0.1) is 10.1 Å². The Morgan fingerprint density at radius 3 is 2.14 bits per heavy atom. The second kappa shape index (κ2) is 10.3. The number of hydrogen-bond donors (Lipinski definition) is 3. The number of non-ortho nitro benzene ring substituents is 1. The van der Waals surface area contributed by atoms with Crippen LogP contribution < -0.4 is 5.73 Å². The number of halogens is 1. The number of carbonyl (C=O) groups is 1. The summed E-state index contributed by atoms with van der Waals surface area (Å²) in [5.74, 6) is -0.514. The minimum Gasteiger partial charge on any atom is -0.459 e. The molecule has 0 spiro atoms. The van der Waals surface area contributed by atoms with Crippen molar-refractivity contribution in [1.29, 1.82) is 0 Å². The highest BCUT2D eigenvalue weighted by Gasteiger charge is 2.30. The molecule has 28 heavy (non-hydrogen) atoms. The fraction of sp³-hybridized carbons (Fsp3) is 0.235. The molecule has 4 N–H and O–H groups in total. The molecule has 0 amide bonds. The van der Waals surface area contributed by atoms with Crippen molar-refractivity contribution in [3.63, 3.8) is 0 Å². The molecule has 0 radical (unpaired) electrons. The minimum atomic E-state index is -4.17. The predicted molar refractivity (Wildman–Crippen MR) is 104 cm³/mol. The molecular weight excluding hydrogens is 411 g/mol. The molecule has 2 aromatic rings. The predicted octanol–water partition coefficient (Wildman–Crippen LogP) is 2.92. The van der Waals surface area contributed by atoms with E-state index in [4.69, 9.17) is 24.8 Å². The van der Waals surface area contributed by atoms with Crippen LogP contribution in [0.15, 0.2) is 54.6 Å². The SMILES string of the molecule is CC(N)(Cc1ccc([N+](=O)[O-])cc1)C(=O)OCc1ccccc1.O=P(O)(O)Cl. The fourth-order valence-corrected chi connectivity index (χ4v) is 2.12. The molecule has 0 heterocycles. The van der Waals surface area contributed by atoms with Crippen molar-refractivity contribution in [1.82, 2.24) is 0 Å². The summed E-state index contributed by atoms with van der Waals surface area (Å²) in [7, 11) is 0. The first-order valence-electron chi connectivity index (χ1n) is 7.87. The number of nitro benzene ring substituents is 1. The molecular formula is C17H20ClN2O7P. The van der Waals surface area contributed by atoms with Crippen molar-refractivity contribution in [2.75, 3.05) is 0 Å². The smallest absolute Gasteiger partial charge is 0.419 e. The zero-order valence-electron chi connectivity index (χ0n) is 14.9. The molecule has 0 saturated carbocycles. The zero-order valence-corrected chi connectivity index (χ0v) is 16.5. The molecule has 0 saturated heterocycles. The van der Waals surface area contributed by atoms with Crippen LogP contribution in [-0.2, 0) is 27.1 Å². The van der Waals surface area contributed by atoms with Crippen LogP contribution in [0.2, 0.25) is 0 Å². The summed E-state index contributed by atoms with van der Waals surface area (Å²) in [6.45, 7) is -2.42. The Balaban J connectivity index is 0.000000696. The van der Waals surface area contributed by atoms with Gasteiger partial charge >= 0.3 is 12.9 Å². The summed E-state index contributed by atoms with van der Waals surface area (Å²) in [6, 6.07) is 15.3. The van der Waals surface area contributed by atoms with E-state index < -0.39 is 23.4 Å². The van der Waals surface area contributed by atoms with E-state index >= 15 is 0 Å². The summed E-state index contributed by atoms with van der Waals surface area (Å²) in [6.07, 6.45) is 0.235. The number of nitrogens with two attached hydrogens (primary N) is 1. The van der Waals surface area contributed by atoms with Gasteiger partial charge in [0.05, 0.1) is 4.92 Å². The monoisotopic (exact) mass is 430 g/mol. The van der Waals surface area contributed by atoms with Gasteiger partial charge in [-0.3, -0.25) is 14.9 Å². The zero-order chi connectivity index (χ0) is 21.4. The number of esters is 1. The Morgan fingerprint density at radius 1 is 1.18 bits per heavy atom. The van der Waals surface area contributed by atoms with Crippen LogP contribution in [0.1, 0.15) is 18.1 Å². The highest BCUT2D eigenvalue weighted by Crippen LogP contribution is 2.39. The topological polar surface area (TPSA) is 153 Å². The summed E-state index contributed by atoms with van der Waals surface area (Å²) in [4.78, 5) is 37.1. The van der Waals surface area contributed by atoms with Crippen molar-refractivity contribution in [2.45, 2.75) is 25.5 Å². The van der Waals surface area contributed by atoms with Crippen molar-refractivity contribution in [2.24, 2.45) is 5.73 Å². The lowest BCUT2D eigenvalue weighted by Crippen LogP contribution is -2.48. The van der Waals surface area contributed by atoms with Gasteiger partial charge in [0.25, 0.3) is 5.69 Å². The van der Waals surface area contributed by atoms with E-state index in [1.165, 1.54) is 12.1 Å². The summed E-state index contributed by atoms with van der Waals surface area (Å²) >= 11 is 4.20. The van der Waals surface area contributed by atoms with Gasteiger partial charge in [-0.1, -0.05) is 42.5 Å². The lowest BCUT2D eigenvalue weighted by Gasteiger charge is -2.22.